The first-order valence-corrected chi connectivity index (χ1v) is 18.8. The van der Waals surface area contributed by atoms with Gasteiger partial charge in [0, 0.05) is 33.4 Å². The summed E-state index contributed by atoms with van der Waals surface area (Å²) in [4.78, 5) is 31.6. The third-order valence-electron chi connectivity index (χ3n) is 9.32. The fourth-order valence-electron chi connectivity index (χ4n) is 6.44. The largest absolute Gasteiger partial charge is 0.573 e. The van der Waals surface area contributed by atoms with Crippen molar-refractivity contribution in [2.24, 2.45) is 0 Å². The second-order valence-electron chi connectivity index (χ2n) is 13.8. The Labute approximate surface area is 352 Å². The lowest BCUT2D eigenvalue weighted by atomic mass is 10.1. The van der Waals surface area contributed by atoms with Gasteiger partial charge in [0.25, 0.3) is 11.7 Å². The number of benzene rings is 6. The first-order valence-electron chi connectivity index (χ1n) is 18.8. The summed E-state index contributed by atoms with van der Waals surface area (Å²) in [6.07, 6.45) is -1.36. The third kappa shape index (κ3) is 9.65. The van der Waals surface area contributed by atoms with E-state index >= 15 is 0 Å². The van der Waals surface area contributed by atoms with Crippen molar-refractivity contribution >= 4 is 84.8 Å². The molecule has 11 N–H and O–H groups in total. The van der Waals surface area contributed by atoms with Crippen LogP contribution in [0, 0.1) is 5.82 Å². The lowest BCUT2D eigenvalue weighted by Crippen LogP contribution is -2.56. The molecule has 10 rings (SSSR count). The molecule has 4 heterocycles. The lowest BCUT2D eigenvalue weighted by molar-refractivity contribution is -0.274. The number of anilines is 7. The molecule has 0 fully saturated rings. The van der Waals surface area contributed by atoms with Crippen LogP contribution in [-0.2, 0) is 4.79 Å². The van der Waals surface area contributed by atoms with Gasteiger partial charge >= 0.3 is 12.3 Å². The monoisotopic (exact) mass is 858 g/mol. The first-order chi connectivity index (χ1) is 30.3. The number of aliphatic carboxylic acids is 1. The predicted octanol–water partition coefficient (Wildman–Crippen LogP) is 8.99. The average Bonchev–Trinajstić information content (AvgIpc) is 4.07. The van der Waals surface area contributed by atoms with Crippen LogP contribution >= 0.6 is 0 Å². The molecular formula is C43H34F4N12O4. The molecule has 16 nitrogen and oxygen atoms in total. The van der Waals surface area contributed by atoms with Gasteiger partial charge in [-0.1, -0.05) is 30.3 Å². The number of imidazole rings is 1. The zero-order chi connectivity index (χ0) is 44.1. The third-order valence-corrected chi connectivity index (χ3v) is 9.32. The summed E-state index contributed by atoms with van der Waals surface area (Å²) in [6, 6.07) is 34.3. The molecule has 20 heteroatoms. The fraction of sp³-hybridized carbons (Fsp3) is 0.0465. The number of ether oxygens (including phenoxy) is 1. The number of nitrogens with one attached hydrogen (secondary N) is 8. The summed E-state index contributed by atoms with van der Waals surface area (Å²) >= 11 is 0. The molecule has 0 unspecified atom stereocenters. The Morgan fingerprint density at radius 2 is 1.41 bits per heavy atom. The molecule has 0 aliphatic carbocycles. The zero-order valence-corrected chi connectivity index (χ0v) is 32.4. The Morgan fingerprint density at radius 1 is 0.730 bits per heavy atom. The van der Waals surface area contributed by atoms with Crippen LogP contribution in [0.15, 0.2) is 140 Å². The number of halogens is 4. The van der Waals surface area contributed by atoms with Gasteiger partial charge in [0.2, 0.25) is 5.95 Å². The lowest BCUT2D eigenvalue weighted by Gasteiger charge is -2.28. The number of alkyl halides is 3. The summed E-state index contributed by atoms with van der Waals surface area (Å²) in [5.41, 5.74) is 11.9. The van der Waals surface area contributed by atoms with Crippen LogP contribution in [0.25, 0.3) is 32.8 Å². The highest BCUT2D eigenvalue weighted by Gasteiger charge is 2.44. The SMILES string of the molecule is Nc1ccc2cn[nH]c2c1.O=C(Nc1ccc2cn[nH]c2c1)c1ccc2nc(Nc3ccccc3OC(F)(F)F)[nH]c2c1.O=C(O)C1(Nc2cccc(F)c2)Nc2ccccc2N1. The van der Waals surface area contributed by atoms with Crippen molar-refractivity contribution < 1.29 is 37.0 Å². The normalized spacial score (nSPS) is 12.4. The minimum absolute atomic E-state index is 0.0843. The van der Waals surface area contributed by atoms with Crippen molar-refractivity contribution in [3.8, 4) is 5.75 Å². The molecule has 0 saturated heterocycles. The molecule has 0 spiro atoms. The highest BCUT2D eigenvalue weighted by atomic mass is 19.4. The van der Waals surface area contributed by atoms with Gasteiger partial charge in [-0.2, -0.15) is 10.2 Å². The first kappa shape index (κ1) is 40.9. The van der Waals surface area contributed by atoms with E-state index in [2.05, 4.69) is 61.7 Å². The molecule has 1 aliphatic rings. The molecular weight excluding hydrogens is 825 g/mol. The quantitative estimate of drug-likeness (QED) is 0.0509. The summed E-state index contributed by atoms with van der Waals surface area (Å²) < 4.78 is 55.2. The van der Waals surface area contributed by atoms with E-state index in [1.807, 2.05) is 24.3 Å². The highest BCUT2D eigenvalue weighted by Crippen LogP contribution is 2.35. The average molecular weight is 859 g/mol. The molecule has 318 valence electrons. The molecule has 9 aromatic rings. The number of nitrogens with two attached hydrogens (primary N) is 1. The van der Waals surface area contributed by atoms with E-state index < -0.39 is 23.9 Å². The van der Waals surface area contributed by atoms with Gasteiger partial charge < -0.3 is 47.1 Å². The number of carbonyl (C=O) groups excluding carboxylic acids is 1. The van der Waals surface area contributed by atoms with Gasteiger partial charge in [-0.3, -0.25) is 15.0 Å². The summed E-state index contributed by atoms with van der Waals surface area (Å²) in [5, 5.41) is 39.1. The van der Waals surface area contributed by atoms with Crippen LogP contribution in [0.5, 0.6) is 5.75 Å². The molecule has 6 aromatic carbocycles. The van der Waals surface area contributed by atoms with Crippen LogP contribution in [0.3, 0.4) is 0 Å². The topological polar surface area (TPSA) is 236 Å². The van der Waals surface area contributed by atoms with Crippen LogP contribution < -0.4 is 37.1 Å². The van der Waals surface area contributed by atoms with Gasteiger partial charge in [-0.05, 0) is 97.1 Å². The Bertz CT molecular complexity index is 3070. The van der Waals surface area contributed by atoms with E-state index in [4.69, 9.17) is 5.73 Å². The summed E-state index contributed by atoms with van der Waals surface area (Å²) in [6.45, 7) is 0. The number of carboxylic acids is 1. The highest BCUT2D eigenvalue weighted by molar-refractivity contribution is 6.06. The zero-order valence-electron chi connectivity index (χ0n) is 32.4. The number of amides is 1. The van der Waals surface area contributed by atoms with Crippen molar-refractivity contribution in [1.82, 2.24) is 30.4 Å². The Morgan fingerprint density at radius 3 is 2.11 bits per heavy atom. The van der Waals surface area contributed by atoms with Gasteiger partial charge in [-0.15, -0.1) is 13.2 Å². The Hall–Kier alpha value is -8.81. The summed E-state index contributed by atoms with van der Waals surface area (Å²) in [5.74, 6) is -3.70. The molecule has 1 amide bonds. The smallest absolute Gasteiger partial charge is 0.477 e. The van der Waals surface area contributed by atoms with Crippen molar-refractivity contribution in [2.75, 3.05) is 32.3 Å². The van der Waals surface area contributed by atoms with Crippen LogP contribution in [-0.4, -0.2) is 59.5 Å². The number of nitrogens with zero attached hydrogens (tertiary/aromatic N) is 3. The van der Waals surface area contributed by atoms with Crippen LogP contribution in [0.4, 0.5) is 57.6 Å². The van der Waals surface area contributed by atoms with E-state index in [-0.39, 0.29) is 23.3 Å². The molecule has 0 bridgehead atoms. The predicted molar refractivity (Wildman–Crippen MR) is 231 cm³/mol. The van der Waals surface area contributed by atoms with E-state index in [0.717, 1.165) is 27.5 Å². The van der Waals surface area contributed by atoms with Crippen molar-refractivity contribution in [3.05, 3.63) is 151 Å². The van der Waals surface area contributed by atoms with Crippen molar-refractivity contribution in [3.63, 3.8) is 0 Å². The molecule has 0 atom stereocenters. The number of fused-ring (bicyclic) bond motifs is 4. The number of para-hydroxylation sites is 4. The number of rotatable bonds is 8. The van der Waals surface area contributed by atoms with Gasteiger partial charge in [0.05, 0.1) is 51.5 Å². The molecule has 0 radical (unpaired) electrons. The number of aromatic nitrogens is 6. The minimum Gasteiger partial charge on any atom is -0.477 e. The van der Waals surface area contributed by atoms with E-state index in [0.29, 0.717) is 39.3 Å². The Balaban J connectivity index is 0.000000152. The second kappa shape index (κ2) is 17.0. The number of carboxylic acid groups (broad SMARTS) is 1. The van der Waals surface area contributed by atoms with E-state index in [1.54, 1.807) is 79.1 Å². The number of carbonyl (C=O) groups is 2. The van der Waals surface area contributed by atoms with Gasteiger partial charge in [-0.25, -0.2) is 14.2 Å². The number of hydrogen-bond acceptors (Lipinski definition) is 11. The van der Waals surface area contributed by atoms with Crippen LogP contribution in [0.1, 0.15) is 10.4 Å². The fourth-order valence-corrected chi connectivity index (χ4v) is 6.44. The minimum atomic E-state index is -4.82. The maximum atomic E-state index is 13.2. The number of aromatic amines is 3. The number of hydrogen-bond donors (Lipinski definition) is 10. The number of H-pyrrole nitrogens is 3. The molecule has 1 aliphatic heterocycles. The Kier molecular flexibility index (Phi) is 11.1. The molecule has 3 aromatic heterocycles. The molecule has 0 saturated carbocycles. The van der Waals surface area contributed by atoms with Gasteiger partial charge in [0.15, 0.2) is 5.75 Å². The molecule has 63 heavy (non-hydrogen) atoms. The van der Waals surface area contributed by atoms with Crippen LogP contribution in [0.2, 0.25) is 0 Å². The standard InChI is InChI=1S/C22H15F3N6O2.C14H12FN3O2.C7H7N3/c23-22(24,25)33-19-4-2-1-3-16(19)29-21-28-15-8-6-12(9-18(15)30-21)20(32)27-14-7-5-13-11-26-31-17(13)10-14;15-9-4-3-5-10(8-9)16-14(13(19)20)17-11-6-1-2-7-12(11)18-14;8-6-2-1-5-4-9-10-7(5)3-6/h1-11H,(H,26,31)(H,27,32)(H2,28,29,30);1-8,16-18H,(H,19,20);1-4H,8H2,(H,9,10). The second-order valence-corrected chi connectivity index (χ2v) is 13.8. The van der Waals surface area contributed by atoms with Crippen molar-refractivity contribution in [2.45, 2.75) is 12.1 Å². The van der Waals surface area contributed by atoms with Gasteiger partial charge in [0.1, 0.15) is 5.82 Å². The van der Waals surface area contributed by atoms with E-state index in [1.165, 1.54) is 36.4 Å². The maximum Gasteiger partial charge on any atom is 0.573 e. The number of nitrogen functional groups attached to an aromatic ring is 1. The van der Waals surface area contributed by atoms with Crippen molar-refractivity contribution in [1.29, 1.82) is 0 Å². The maximum absolute atomic E-state index is 13.2. The van der Waals surface area contributed by atoms with E-state index in [9.17, 15) is 32.3 Å². The summed E-state index contributed by atoms with van der Waals surface area (Å²) in [7, 11) is 0.